The third kappa shape index (κ3) is 5.80. The molecule has 12 nitrogen and oxygen atoms in total. The molecule has 3 aromatic heterocycles. The van der Waals surface area contributed by atoms with Gasteiger partial charge in [-0.1, -0.05) is 5.92 Å². The standard InChI is InChI=1S/C27H32N8O4/c1-6-7-14-34-21-22(31-24(34)33-13-9-11-19(16-33)30-25(37)39-27(2,3)4)32(5)26(38)35(23(21)36)17-20-18(15-28)10-8-12-29-20/h8,10,12,19H,9,11,13-14,16-17H2,1-5H3,(H,30,37)/t19-/m0/s1. The van der Waals surface area contributed by atoms with Crippen LogP contribution >= 0.6 is 0 Å². The zero-order valence-electron chi connectivity index (χ0n) is 22.8. The number of hydrogen-bond donors (Lipinski definition) is 1. The number of aryl methyl sites for hydroxylation is 1. The number of rotatable bonds is 5. The smallest absolute Gasteiger partial charge is 0.407 e. The summed E-state index contributed by atoms with van der Waals surface area (Å²) in [6.07, 6.45) is 2.57. The zero-order chi connectivity index (χ0) is 28.3. The fourth-order valence-electron chi connectivity index (χ4n) is 4.62. The maximum atomic E-state index is 13.8. The van der Waals surface area contributed by atoms with Gasteiger partial charge in [-0.25, -0.2) is 9.59 Å². The van der Waals surface area contributed by atoms with Gasteiger partial charge >= 0.3 is 11.8 Å². The summed E-state index contributed by atoms with van der Waals surface area (Å²) in [5, 5.41) is 12.4. The summed E-state index contributed by atoms with van der Waals surface area (Å²) in [5.41, 5.74) is -0.647. The van der Waals surface area contributed by atoms with Gasteiger partial charge in [-0.2, -0.15) is 10.2 Å². The molecule has 1 atom stereocenters. The number of amides is 1. The third-order valence-corrected chi connectivity index (χ3v) is 6.37. The van der Waals surface area contributed by atoms with Crippen molar-refractivity contribution in [3.63, 3.8) is 0 Å². The number of nitrogens with one attached hydrogen (secondary N) is 1. The first-order chi connectivity index (χ1) is 18.5. The second-order valence-electron chi connectivity index (χ2n) is 10.4. The second-order valence-corrected chi connectivity index (χ2v) is 10.4. The Bertz CT molecular complexity index is 1620. The molecule has 4 rings (SSSR count). The Labute approximate surface area is 225 Å². The number of fused-ring (bicyclic) bond motifs is 1. The van der Waals surface area contributed by atoms with Gasteiger partial charge in [-0.3, -0.25) is 23.5 Å². The van der Waals surface area contributed by atoms with E-state index in [2.05, 4.69) is 28.2 Å². The number of piperidine rings is 1. The van der Waals surface area contributed by atoms with E-state index in [9.17, 15) is 19.6 Å². The Morgan fingerprint density at radius 2 is 2.05 bits per heavy atom. The molecule has 204 valence electrons. The molecule has 1 aliphatic rings. The highest BCUT2D eigenvalue weighted by atomic mass is 16.6. The first-order valence-corrected chi connectivity index (χ1v) is 12.7. The Balaban J connectivity index is 1.77. The highest BCUT2D eigenvalue weighted by Crippen LogP contribution is 2.23. The lowest BCUT2D eigenvalue weighted by Gasteiger charge is -2.34. The van der Waals surface area contributed by atoms with Crippen LogP contribution in [0.5, 0.6) is 0 Å². The van der Waals surface area contributed by atoms with E-state index in [4.69, 9.17) is 9.72 Å². The first kappa shape index (κ1) is 27.5. The fraction of sp³-hybridized carbons (Fsp3) is 0.481. The van der Waals surface area contributed by atoms with Gasteiger partial charge in [-0.15, -0.1) is 5.92 Å². The van der Waals surface area contributed by atoms with Crippen molar-refractivity contribution in [2.24, 2.45) is 7.05 Å². The van der Waals surface area contributed by atoms with Crippen LogP contribution in [0.4, 0.5) is 10.7 Å². The van der Waals surface area contributed by atoms with Crippen molar-refractivity contribution in [1.82, 2.24) is 29.0 Å². The monoisotopic (exact) mass is 532 g/mol. The molecule has 1 N–H and O–H groups in total. The molecule has 1 amide bonds. The molecule has 12 heteroatoms. The third-order valence-electron chi connectivity index (χ3n) is 6.37. The molecule has 3 aromatic rings. The Morgan fingerprint density at radius 1 is 1.28 bits per heavy atom. The van der Waals surface area contributed by atoms with Gasteiger partial charge in [0.1, 0.15) is 11.7 Å². The molecule has 0 aromatic carbocycles. The average molecular weight is 533 g/mol. The van der Waals surface area contributed by atoms with Crippen molar-refractivity contribution >= 4 is 23.2 Å². The van der Waals surface area contributed by atoms with E-state index >= 15 is 0 Å². The quantitative estimate of drug-likeness (QED) is 0.490. The van der Waals surface area contributed by atoms with Crippen LogP contribution in [0.2, 0.25) is 0 Å². The van der Waals surface area contributed by atoms with E-state index in [1.807, 2.05) is 25.7 Å². The van der Waals surface area contributed by atoms with E-state index in [0.717, 1.165) is 17.4 Å². The van der Waals surface area contributed by atoms with E-state index in [1.54, 1.807) is 30.7 Å². The van der Waals surface area contributed by atoms with Crippen molar-refractivity contribution in [2.75, 3.05) is 18.0 Å². The van der Waals surface area contributed by atoms with Crippen molar-refractivity contribution in [1.29, 1.82) is 5.26 Å². The normalized spacial score (nSPS) is 15.4. The van der Waals surface area contributed by atoms with Crippen LogP contribution in [-0.2, 0) is 24.9 Å². The van der Waals surface area contributed by atoms with Crippen LogP contribution in [-0.4, -0.2) is 54.5 Å². The van der Waals surface area contributed by atoms with Crippen molar-refractivity contribution in [2.45, 2.75) is 65.3 Å². The molecule has 0 unspecified atom stereocenters. The molecule has 0 saturated carbocycles. The summed E-state index contributed by atoms with van der Waals surface area (Å²) in [7, 11) is 1.56. The largest absolute Gasteiger partial charge is 0.444 e. The SMILES string of the molecule is CC#CCn1c(N2CCC[C@H](NC(=O)OC(C)(C)C)C2)nc2c1c(=O)n(Cc1ncccc1C#N)c(=O)n2C. The molecule has 4 heterocycles. The van der Waals surface area contributed by atoms with Gasteiger partial charge in [0.05, 0.1) is 24.3 Å². The number of ether oxygens (including phenoxy) is 1. The maximum Gasteiger partial charge on any atom is 0.407 e. The van der Waals surface area contributed by atoms with Gasteiger partial charge in [-0.05, 0) is 52.7 Å². The molecule has 0 aliphatic carbocycles. The van der Waals surface area contributed by atoms with Crippen LogP contribution in [0.15, 0.2) is 27.9 Å². The van der Waals surface area contributed by atoms with Crippen LogP contribution < -0.4 is 21.5 Å². The molecule has 1 saturated heterocycles. The summed E-state index contributed by atoms with van der Waals surface area (Å²) in [5.74, 6) is 6.35. The maximum absolute atomic E-state index is 13.8. The summed E-state index contributed by atoms with van der Waals surface area (Å²) in [6, 6.07) is 5.08. The number of anilines is 1. The topological polar surface area (TPSA) is 140 Å². The van der Waals surface area contributed by atoms with Crippen molar-refractivity contribution < 1.29 is 9.53 Å². The minimum Gasteiger partial charge on any atom is -0.444 e. The van der Waals surface area contributed by atoms with Crippen molar-refractivity contribution in [3.05, 3.63) is 50.4 Å². The van der Waals surface area contributed by atoms with Crippen LogP contribution in [0, 0.1) is 23.2 Å². The number of alkyl carbamates (subject to hydrolysis) is 1. The van der Waals surface area contributed by atoms with Gasteiger partial charge in [0.25, 0.3) is 5.56 Å². The molecule has 1 fully saturated rings. The molecular weight excluding hydrogens is 500 g/mol. The Hall–Kier alpha value is -4.58. The van der Waals surface area contributed by atoms with Crippen LogP contribution in [0.1, 0.15) is 51.8 Å². The lowest BCUT2D eigenvalue weighted by Crippen LogP contribution is -2.49. The second kappa shape index (κ2) is 11.0. The predicted molar refractivity (Wildman–Crippen MR) is 145 cm³/mol. The number of carbonyl (C=O) groups is 1. The Morgan fingerprint density at radius 3 is 2.74 bits per heavy atom. The Kier molecular flexibility index (Phi) is 7.77. The number of imidazole rings is 1. The van der Waals surface area contributed by atoms with E-state index in [0.29, 0.717) is 24.7 Å². The summed E-state index contributed by atoms with van der Waals surface area (Å²) in [6.45, 7) is 8.26. The predicted octanol–water partition coefficient (Wildman–Crippen LogP) is 1.73. The highest BCUT2D eigenvalue weighted by molar-refractivity contribution is 5.75. The minimum absolute atomic E-state index is 0.156. The number of nitrogens with zero attached hydrogens (tertiary/aromatic N) is 7. The molecule has 1 aliphatic heterocycles. The molecule has 0 radical (unpaired) electrons. The van der Waals surface area contributed by atoms with E-state index in [1.165, 1.54) is 10.8 Å². The number of pyridine rings is 1. The average Bonchev–Trinajstić information content (AvgIpc) is 3.27. The van der Waals surface area contributed by atoms with E-state index < -0.39 is 22.9 Å². The van der Waals surface area contributed by atoms with Gasteiger partial charge in [0.15, 0.2) is 11.2 Å². The molecule has 0 bridgehead atoms. The summed E-state index contributed by atoms with van der Waals surface area (Å²) >= 11 is 0. The molecule has 39 heavy (non-hydrogen) atoms. The summed E-state index contributed by atoms with van der Waals surface area (Å²) in [4.78, 5) is 50.3. The van der Waals surface area contributed by atoms with Gasteiger partial charge < -0.3 is 15.0 Å². The fourth-order valence-corrected chi connectivity index (χ4v) is 4.62. The number of aromatic nitrogens is 5. The molecule has 0 spiro atoms. The number of carbonyl (C=O) groups excluding carboxylic acids is 1. The lowest BCUT2D eigenvalue weighted by atomic mass is 10.1. The van der Waals surface area contributed by atoms with Gasteiger partial charge in [0.2, 0.25) is 5.95 Å². The number of nitriles is 1. The summed E-state index contributed by atoms with van der Waals surface area (Å²) < 4.78 is 9.52. The van der Waals surface area contributed by atoms with Crippen molar-refractivity contribution in [3.8, 4) is 17.9 Å². The number of hydrogen-bond acceptors (Lipinski definition) is 8. The van der Waals surface area contributed by atoms with Crippen LogP contribution in [0.25, 0.3) is 11.2 Å². The first-order valence-electron chi connectivity index (χ1n) is 12.7. The lowest BCUT2D eigenvalue weighted by molar-refractivity contribution is 0.0499. The molecular formula is C27H32N8O4. The highest BCUT2D eigenvalue weighted by Gasteiger charge is 2.29. The van der Waals surface area contributed by atoms with Gasteiger partial charge in [0, 0.05) is 32.4 Å². The minimum atomic E-state index is -0.612. The zero-order valence-corrected chi connectivity index (χ0v) is 22.8. The van der Waals surface area contributed by atoms with Crippen LogP contribution in [0.3, 0.4) is 0 Å². The van der Waals surface area contributed by atoms with E-state index in [-0.39, 0.29) is 35.9 Å².